The van der Waals surface area contributed by atoms with Gasteiger partial charge < -0.3 is 22.4 Å². The Morgan fingerprint density at radius 1 is 0.619 bits per heavy atom. The number of allylic oxidation sites excluding steroid dienone is 1. The van der Waals surface area contributed by atoms with E-state index >= 15 is 0 Å². The molecule has 0 radical (unpaired) electrons. The van der Waals surface area contributed by atoms with Gasteiger partial charge in [0.25, 0.3) is 0 Å². The quantitative estimate of drug-likeness (QED) is 0.220. The second kappa shape index (κ2) is 8.34. The molecule has 9 rings (SSSR count). The van der Waals surface area contributed by atoms with E-state index in [-0.39, 0.29) is 0 Å². The molecule has 9 nitrogen and oxygen atoms in total. The van der Waals surface area contributed by atoms with Crippen molar-refractivity contribution in [1.29, 1.82) is 0 Å². The zero-order valence-corrected chi connectivity index (χ0v) is 22.6. The van der Waals surface area contributed by atoms with Crippen LogP contribution in [0.4, 0.5) is 0 Å². The van der Waals surface area contributed by atoms with Gasteiger partial charge in [0.05, 0.1) is 52.1 Å². The molecule has 0 saturated carbocycles. The SMILES string of the molecule is C/C=C\c1c(C)c2occc2n1-c1ccc2c3ccc(-n4c5ccoc5c5occc54)cc3n(-c3ncncn3)c2c1. The first kappa shape index (κ1) is 22.9. The van der Waals surface area contributed by atoms with Gasteiger partial charge in [0.15, 0.2) is 16.7 Å². The Balaban J connectivity index is 1.36. The van der Waals surface area contributed by atoms with Crippen molar-refractivity contribution in [1.82, 2.24) is 28.7 Å². The number of aromatic nitrogens is 6. The molecule has 0 aliphatic heterocycles. The van der Waals surface area contributed by atoms with Gasteiger partial charge >= 0.3 is 0 Å². The molecule has 0 spiro atoms. The van der Waals surface area contributed by atoms with Gasteiger partial charge in [-0.2, -0.15) is 0 Å². The number of aryl methyl sites for hydroxylation is 1. The van der Waals surface area contributed by atoms with Crippen LogP contribution in [0.2, 0.25) is 0 Å². The Labute approximate surface area is 237 Å². The minimum absolute atomic E-state index is 0.541. The number of fused-ring (bicyclic) bond motifs is 7. The molecule has 0 amide bonds. The lowest BCUT2D eigenvalue weighted by atomic mass is 10.1. The molecular weight excluding hydrogens is 528 g/mol. The summed E-state index contributed by atoms with van der Waals surface area (Å²) in [5.41, 5.74) is 11.3. The smallest absolute Gasteiger partial charge is 0.237 e. The van der Waals surface area contributed by atoms with E-state index in [1.165, 1.54) is 12.7 Å². The second-order valence-electron chi connectivity index (χ2n) is 10.3. The van der Waals surface area contributed by atoms with Gasteiger partial charge in [-0.05, 0) is 44.2 Å². The summed E-state index contributed by atoms with van der Waals surface area (Å²) >= 11 is 0. The van der Waals surface area contributed by atoms with Crippen molar-refractivity contribution in [3.63, 3.8) is 0 Å². The molecule has 0 atom stereocenters. The van der Waals surface area contributed by atoms with Crippen molar-refractivity contribution < 1.29 is 13.3 Å². The summed E-state index contributed by atoms with van der Waals surface area (Å²) in [4.78, 5) is 13.2. The molecule has 9 heteroatoms. The van der Waals surface area contributed by atoms with Gasteiger partial charge in [-0.3, -0.25) is 4.57 Å². The summed E-state index contributed by atoms with van der Waals surface area (Å²) in [5, 5.41) is 2.18. The fraction of sp³-hybridized carbons (Fsp3) is 0.0606. The Bertz CT molecular complexity index is 2450. The fourth-order valence-electron chi connectivity index (χ4n) is 6.35. The standard InChI is InChI=1S/C33H22N6O3/c1-3-4-24-19(2)30-25(9-12-40-30)37(24)20-5-7-22-23-8-6-21(38-26-10-13-41-31(26)32-27(38)11-14-42-32)16-29(23)39(28(22)15-20)33-35-17-34-18-36-33/h3-18H,1-2H3/b4-3-. The lowest BCUT2D eigenvalue weighted by Crippen LogP contribution is -2.02. The van der Waals surface area contributed by atoms with Crippen LogP contribution >= 0.6 is 0 Å². The van der Waals surface area contributed by atoms with Crippen LogP contribution in [0.5, 0.6) is 0 Å². The summed E-state index contributed by atoms with van der Waals surface area (Å²) in [6.45, 7) is 4.12. The molecule has 202 valence electrons. The van der Waals surface area contributed by atoms with Crippen LogP contribution in [0.1, 0.15) is 18.2 Å². The predicted molar refractivity (Wildman–Crippen MR) is 162 cm³/mol. The average Bonchev–Trinajstić information content (AvgIpc) is 3.85. The maximum Gasteiger partial charge on any atom is 0.237 e. The van der Waals surface area contributed by atoms with Crippen LogP contribution in [0.3, 0.4) is 0 Å². The highest BCUT2D eigenvalue weighted by molar-refractivity contribution is 6.11. The molecule has 0 N–H and O–H groups in total. The van der Waals surface area contributed by atoms with Crippen molar-refractivity contribution in [3.8, 4) is 17.3 Å². The zero-order valence-electron chi connectivity index (χ0n) is 22.6. The lowest BCUT2D eigenvalue weighted by Gasteiger charge is -2.11. The number of rotatable bonds is 4. The summed E-state index contributed by atoms with van der Waals surface area (Å²) in [6, 6.07) is 18.9. The molecule has 0 bridgehead atoms. The predicted octanol–water partition coefficient (Wildman–Crippen LogP) is 8.13. The second-order valence-corrected chi connectivity index (χ2v) is 10.3. The van der Waals surface area contributed by atoms with Gasteiger partial charge in [-0.1, -0.05) is 18.2 Å². The number of hydrogen-bond acceptors (Lipinski definition) is 6. The van der Waals surface area contributed by atoms with Crippen LogP contribution in [0, 0.1) is 6.92 Å². The van der Waals surface area contributed by atoms with Crippen molar-refractivity contribution in [2.24, 2.45) is 0 Å². The van der Waals surface area contributed by atoms with Crippen molar-refractivity contribution in [3.05, 3.63) is 103 Å². The largest absolute Gasteiger partial charge is 0.462 e. The maximum absolute atomic E-state index is 5.86. The van der Waals surface area contributed by atoms with E-state index in [0.29, 0.717) is 5.95 Å². The van der Waals surface area contributed by atoms with E-state index in [0.717, 1.165) is 77.7 Å². The third-order valence-electron chi connectivity index (χ3n) is 8.08. The molecule has 7 heterocycles. The summed E-state index contributed by atoms with van der Waals surface area (Å²) in [7, 11) is 0. The van der Waals surface area contributed by atoms with Crippen LogP contribution in [0.25, 0.3) is 78.5 Å². The lowest BCUT2D eigenvalue weighted by molar-refractivity contribution is 0.583. The molecule has 9 aromatic rings. The molecule has 0 aliphatic rings. The van der Waals surface area contributed by atoms with E-state index in [2.05, 4.69) is 84.1 Å². The van der Waals surface area contributed by atoms with E-state index in [1.54, 1.807) is 18.8 Å². The van der Waals surface area contributed by atoms with Crippen molar-refractivity contribution in [2.75, 3.05) is 0 Å². The van der Waals surface area contributed by atoms with Gasteiger partial charge in [-0.25, -0.2) is 15.0 Å². The normalized spacial score (nSPS) is 12.4. The highest BCUT2D eigenvalue weighted by Gasteiger charge is 2.22. The van der Waals surface area contributed by atoms with Crippen molar-refractivity contribution >= 4 is 61.2 Å². The Hall–Kier alpha value is -5.83. The topological polar surface area (TPSA) is 92.9 Å². The first-order valence-electron chi connectivity index (χ1n) is 13.6. The first-order chi connectivity index (χ1) is 20.7. The van der Waals surface area contributed by atoms with Crippen molar-refractivity contribution in [2.45, 2.75) is 13.8 Å². The van der Waals surface area contributed by atoms with Gasteiger partial charge in [-0.15, -0.1) is 0 Å². The molecule has 0 fully saturated rings. The fourth-order valence-corrected chi connectivity index (χ4v) is 6.35. The number of nitrogens with zero attached hydrogens (tertiary/aromatic N) is 6. The Morgan fingerprint density at radius 2 is 1.17 bits per heavy atom. The molecule has 7 aromatic heterocycles. The Morgan fingerprint density at radius 3 is 1.76 bits per heavy atom. The average molecular weight is 551 g/mol. The number of benzene rings is 2. The third kappa shape index (κ3) is 2.94. The summed E-state index contributed by atoms with van der Waals surface area (Å²) < 4.78 is 23.9. The first-order valence-corrected chi connectivity index (χ1v) is 13.6. The van der Waals surface area contributed by atoms with E-state index in [4.69, 9.17) is 13.3 Å². The molecule has 0 unspecified atom stereocenters. The van der Waals surface area contributed by atoms with Gasteiger partial charge in [0.2, 0.25) is 5.95 Å². The molecular formula is C33H22N6O3. The Kier molecular flexibility index (Phi) is 4.55. The molecule has 42 heavy (non-hydrogen) atoms. The van der Waals surface area contributed by atoms with E-state index in [9.17, 15) is 0 Å². The number of furan rings is 3. The van der Waals surface area contributed by atoms with Gasteiger partial charge in [0.1, 0.15) is 12.7 Å². The molecule has 2 aromatic carbocycles. The monoisotopic (exact) mass is 550 g/mol. The van der Waals surface area contributed by atoms with Crippen LogP contribution in [-0.4, -0.2) is 28.7 Å². The van der Waals surface area contributed by atoms with E-state index < -0.39 is 0 Å². The summed E-state index contributed by atoms with van der Waals surface area (Å²) in [6.07, 6.45) is 12.3. The number of hydrogen-bond donors (Lipinski definition) is 0. The minimum atomic E-state index is 0.541. The highest BCUT2D eigenvalue weighted by atomic mass is 16.4. The van der Waals surface area contributed by atoms with Crippen LogP contribution < -0.4 is 0 Å². The highest BCUT2D eigenvalue weighted by Crippen LogP contribution is 2.38. The molecule has 0 aliphatic carbocycles. The van der Waals surface area contributed by atoms with Crippen LogP contribution in [0.15, 0.2) is 105 Å². The van der Waals surface area contributed by atoms with Crippen LogP contribution in [-0.2, 0) is 0 Å². The minimum Gasteiger partial charge on any atom is -0.462 e. The molecule has 0 saturated heterocycles. The third-order valence-corrected chi connectivity index (χ3v) is 8.08. The summed E-state index contributed by atoms with van der Waals surface area (Å²) in [5.74, 6) is 0.541. The maximum atomic E-state index is 5.86. The van der Waals surface area contributed by atoms with Gasteiger partial charge in [0, 0.05) is 45.9 Å². The zero-order chi connectivity index (χ0) is 27.9. The van der Waals surface area contributed by atoms with E-state index in [1.807, 2.05) is 25.1 Å².